The molecule has 1 aromatic carbocycles. The second-order valence-corrected chi connectivity index (χ2v) is 5.50. The van der Waals surface area contributed by atoms with Gasteiger partial charge >= 0.3 is 0 Å². The van der Waals surface area contributed by atoms with E-state index in [-0.39, 0.29) is 11.3 Å². The van der Waals surface area contributed by atoms with E-state index < -0.39 is 0 Å². The lowest BCUT2D eigenvalue weighted by atomic mass is 9.84. The van der Waals surface area contributed by atoms with Gasteiger partial charge in [-0.05, 0) is 30.0 Å². The van der Waals surface area contributed by atoms with Crippen molar-refractivity contribution in [3.63, 3.8) is 0 Å². The molecule has 0 aliphatic rings. The molecule has 0 saturated carbocycles. The first-order valence-electron chi connectivity index (χ1n) is 5.92. The zero-order valence-electron chi connectivity index (χ0n) is 11.4. The van der Waals surface area contributed by atoms with E-state index in [0.717, 1.165) is 16.9 Å². The summed E-state index contributed by atoms with van der Waals surface area (Å²) < 4.78 is 5.39. The maximum Gasteiger partial charge on any atom is 0.122 e. The van der Waals surface area contributed by atoms with Gasteiger partial charge in [-0.3, -0.25) is 0 Å². The Morgan fingerprint density at radius 2 is 1.94 bits per heavy atom. The molecular weight excluding hydrogens is 214 g/mol. The number of ether oxygens (including phenoxy) is 1. The van der Waals surface area contributed by atoms with Crippen molar-refractivity contribution in [3.8, 4) is 11.5 Å². The number of rotatable bonds is 3. The molecule has 0 saturated heterocycles. The third-order valence-corrected chi connectivity index (χ3v) is 3.04. The molecule has 3 N–H and O–H groups in total. The fourth-order valence-electron chi connectivity index (χ4n) is 1.87. The zero-order chi connectivity index (χ0) is 13.2. The van der Waals surface area contributed by atoms with Gasteiger partial charge in [0, 0.05) is 11.1 Å². The molecule has 0 radical (unpaired) electrons. The summed E-state index contributed by atoms with van der Waals surface area (Å²) in [4.78, 5) is 0. The van der Waals surface area contributed by atoms with Crippen molar-refractivity contribution in [1.29, 1.82) is 0 Å². The van der Waals surface area contributed by atoms with Crippen LogP contribution in [0.1, 0.15) is 44.7 Å². The summed E-state index contributed by atoms with van der Waals surface area (Å²) in [6, 6.07) is 3.69. The van der Waals surface area contributed by atoms with Crippen LogP contribution in [-0.2, 0) is 5.41 Å². The molecule has 96 valence electrons. The van der Waals surface area contributed by atoms with Crippen molar-refractivity contribution >= 4 is 0 Å². The largest absolute Gasteiger partial charge is 0.508 e. The number of phenols is 1. The number of methoxy groups -OCH3 is 1. The lowest BCUT2D eigenvalue weighted by Gasteiger charge is -2.23. The van der Waals surface area contributed by atoms with Gasteiger partial charge in [0.05, 0.1) is 7.11 Å². The highest BCUT2D eigenvalue weighted by Crippen LogP contribution is 2.38. The van der Waals surface area contributed by atoms with Gasteiger partial charge in [-0.2, -0.15) is 0 Å². The highest BCUT2D eigenvalue weighted by atomic mass is 16.5. The third-order valence-electron chi connectivity index (χ3n) is 3.04. The van der Waals surface area contributed by atoms with Crippen molar-refractivity contribution in [2.45, 2.75) is 39.0 Å². The molecule has 1 unspecified atom stereocenters. The molecule has 0 bridgehead atoms. The monoisotopic (exact) mass is 237 g/mol. The van der Waals surface area contributed by atoms with Gasteiger partial charge in [0.15, 0.2) is 0 Å². The van der Waals surface area contributed by atoms with E-state index in [4.69, 9.17) is 10.5 Å². The van der Waals surface area contributed by atoms with Gasteiger partial charge in [0.2, 0.25) is 0 Å². The normalized spacial score (nSPS) is 13.5. The Morgan fingerprint density at radius 1 is 1.35 bits per heavy atom. The minimum Gasteiger partial charge on any atom is -0.508 e. The van der Waals surface area contributed by atoms with Crippen molar-refractivity contribution in [1.82, 2.24) is 0 Å². The van der Waals surface area contributed by atoms with E-state index in [1.165, 1.54) is 0 Å². The summed E-state index contributed by atoms with van der Waals surface area (Å²) in [6.45, 7) is 8.74. The molecule has 0 aliphatic heterocycles. The van der Waals surface area contributed by atoms with Crippen LogP contribution in [0, 0.1) is 0 Å². The number of benzene rings is 1. The van der Waals surface area contributed by atoms with Crippen LogP contribution in [0.3, 0.4) is 0 Å². The molecule has 0 spiro atoms. The molecule has 1 rings (SSSR count). The maximum absolute atomic E-state index is 10.1. The number of aromatic hydroxyl groups is 1. The molecule has 0 amide bonds. The number of nitrogens with two attached hydrogens (primary N) is 1. The average Bonchev–Trinajstić information content (AvgIpc) is 2.26. The van der Waals surface area contributed by atoms with E-state index >= 15 is 0 Å². The number of phenolic OH excluding ortho intramolecular Hbond substituents is 1. The van der Waals surface area contributed by atoms with Gasteiger partial charge in [-0.15, -0.1) is 0 Å². The smallest absolute Gasteiger partial charge is 0.122 e. The van der Waals surface area contributed by atoms with Crippen LogP contribution in [0.2, 0.25) is 0 Å². The van der Waals surface area contributed by atoms with Crippen LogP contribution >= 0.6 is 0 Å². The minimum absolute atomic E-state index is 0.109. The SMILES string of the molecule is COc1cc(C(C)(C)C)c(O)cc1C(C)CN. The van der Waals surface area contributed by atoms with Gasteiger partial charge in [-0.1, -0.05) is 27.7 Å². The molecule has 3 nitrogen and oxygen atoms in total. The molecular formula is C14H23NO2. The van der Waals surface area contributed by atoms with Crippen LogP contribution in [-0.4, -0.2) is 18.8 Å². The average molecular weight is 237 g/mol. The predicted molar refractivity (Wildman–Crippen MR) is 70.8 cm³/mol. The van der Waals surface area contributed by atoms with E-state index in [1.807, 2.05) is 13.0 Å². The van der Waals surface area contributed by atoms with Gasteiger partial charge in [-0.25, -0.2) is 0 Å². The minimum atomic E-state index is -0.109. The summed E-state index contributed by atoms with van der Waals surface area (Å²) in [6.07, 6.45) is 0. The highest BCUT2D eigenvalue weighted by Gasteiger charge is 2.22. The van der Waals surface area contributed by atoms with E-state index in [2.05, 4.69) is 20.8 Å². The highest BCUT2D eigenvalue weighted by molar-refractivity contribution is 5.49. The molecule has 3 heteroatoms. The summed E-state index contributed by atoms with van der Waals surface area (Å²) >= 11 is 0. The Balaban J connectivity index is 3.35. The fourth-order valence-corrected chi connectivity index (χ4v) is 1.87. The number of hydrogen-bond donors (Lipinski definition) is 2. The van der Waals surface area contributed by atoms with Crippen LogP contribution in [0.25, 0.3) is 0 Å². The van der Waals surface area contributed by atoms with Crippen molar-refractivity contribution in [2.24, 2.45) is 5.73 Å². The van der Waals surface area contributed by atoms with E-state index in [9.17, 15) is 5.11 Å². The van der Waals surface area contributed by atoms with Gasteiger partial charge < -0.3 is 15.6 Å². The van der Waals surface area contributed by atoms with Gasteiger partial charge in [0.1, 0.15) is 11.5 Å². The quantitative estimate of drug-likeness (QED) is 0.850. The van der Waals surface area contributed by atoms with Crippen LogP contribution in [0.4, 0.5) is 0 Å². The second kappa shape index (κ2) is 4.96. The molecule has 1 atom stereocenters. The fraction of sp³-hybridized carbons (Fsp3) is 0.571. The topological polar surface area (TPSA) is 55.5 Å². The molecule has 0 aromatic heterocycles. The summed E-state index contributed by atoms with van der Waals surface area (Å²) in [7, 11) is 1.64. The van der Waals surface area contributed by atoms with Crippen molar-refractivity contribution in [3.05, 3.63) is 23.3 Å². The van der Waals surface area contributed by atoms with E-state index in [1.54, 1.807) is 13.2 Å². The number of hydrogen-bond acceptors (Lipinski definition) is 3. The Hall–Kier alpha value is -1.22. The maximum atomic E-state index is 10.1. The van der Waals surface area contributed by atoms with Crippen LogP contribution in [0.5, 0.6) is 11.5 Å². The first-order chi connectivity index (χ1) is 7.81. The zero-order valence-corrected chi connectivity index (χ0v) is 11.4. The molecule has 1 aromatic rings. The first kappa shape index (κ1) is 13.8. The van der Waals surface area contributed by atoms with E-state index in [0.29, 0.717) is 12.3 Å². The molecule has 0 heterocycles. The third kappa shape index (κ3) is 2.91. The molecule has 0 aliphatic carbocycles. The summed E-state index contributed by atoms with van der Waals surface area (Å²) in [5.74, 6) is 1.28. The molecule has 17 heavy (non-hydrogen) atoms. The van der Waals surface area contributed by atoms with Crippen LogP contribution in [0.15, 0.2) is 12.1 Å². The lowest BCUT2D eigenvalue weighted by molar-refractivity contribution is 0.397. The summed E-state index contributed by atoms with van der Waals surface area (Å²) in [5, 5.41) is 10.1. The summed E-state index contributed by atoms with van der Waals surface area (Å²) in [5.41, 5.74) is 7.40. The Kier molecular flexibility index (Phi) is 4.04. The standard InChI is InChI=1S/C14H23NO2/c1-9(8-15)10-6-12(16)11(14(2,3)4)7-13(10)17-5/h6-7,9,16H,8,15H2,1-5H3. The Labute approximate surface area is 104 Å². The first-order valence-corrected chi connectivity index (χ1v) is 5.92. The lowest BCUT2D eigenvalue weighted by Crippen LogP contribution is -2.14. The predicted octanol–water partition coefficient (Wildman–Crippen LogP) is 2.76. The second-order valence-electron chi connectivity index (χ2n) is 5.50. The van der Waals surface area contributed by atoms with Crippen molar-refractivity contribution in [2.75, 3.05) is 13.7 Å². The van der Waals surface area contributed by atoms with Gasteiger partial charge in [0.25, 0.3) is 0 Å². The Morgan fingerprint density at radius 3 is 2.35 bits per heavy atom. The van der Waals surface area contributed by atoms with Crippen LogP contribution < -0.4 is 10.5 Å². The van der Waals surface area contributed by atoms with Crippen molar-refractivity contribution < 1.29 is 9.84 Å². The molecule has 0 fully saturated rings. The Bertz CT molecular complexity index is 394.